The summed E-state index contributed by atoms with van der Waals surface area (Å²) in [5, 5.41) is 5.53. The van der Waals surface area contributed by atoms with Crippen LogP contribution in [0.3, 0.4) is 0 Å². The third-order valence-corrected chi connectivity index (χ3v) is 3.08. The molecule has 0 spiro atoms. The Hall–Kier alpha value is -2.57. The number of unbranched alkanes of at least 4 members (excludes halogenated alkanes) is 1. The first-order chi connectivity index (χ1) is 11.0. The van der Waals surface area contributed by atoms with Gasteiger partial charge >= 0.3 is 0 Å². The van der Waals surface area contributed by atoms with E-state index in [9.17, 15) is 13.6 Å². The van der Waals surface area contributed by atoms with Gasteiger partial charge in [0.2, 0.25) is 5.95 Å². The Balaban J connectivity index is 2.16. The van der Waals surface area contributed by atoms with E-state index in [2.05, 4.69) is 20.6 Å². The van der Waals surface area contributed by atoms with Crippen molar-refractivity contribution in [2.75, 3.05) is 11.9 Å². The van der Waals surface area contributed by atoms with Crippen LogP contribution in [0.5, 0.6) is 0 Å². The lowest BCUT2D eigenvalue weighted by atomic mass is 10.3. The molecule has 0 radical (unpaired) electrons. The maximum Gasteiger partial charge on any atom is 0.270 e. The fourth-order valence-corrected chi connectivity index (χ4v) is 1.91. The molecule has 1 aromatic carbocycles. The van der Waals surface area contributed by atoms with Crippen molar-refractivity contribution in [3.8, 4) is 0 Å². The van der Waals surface area contributed by atoms with Gasteiger partial charge in [-0.2, -0.15) is 0 Å². The fraction of sp³-hybridized carbons (Fsp3) is 0.312. The second-order valence-corrected chi connectivity index (χ2v) is 5.08. The maximum atomic E-state index is 13.2. The Morgan fingerprint density at radius 1 is 1.17 bits per heavy atom. The van der Waals surface area contributed by atoms with Crippen molar-refractivity contribution in [2.24, 2.45) is 0 Å². The normalized spacial score (nSPS) is 10.4. The summed E-state index contributed by atoms with van der Waals surface area (Å²) in [5.41, 5.74) is 1.11. The lowest BCUT2D eigenvalue weighted by Gasteiger charge is -2.09. The summed E-state index contributed by atoms with van der Waals surface area (Å²) in [6, 6.07) is 4.94. The molecule has 1 amide bonds. The molecule has 0 aliphatic rings. The van der Waals surface area contributed by atoms with Gasteiger partial charge in [0.1, 0.15) is 5.69 Å². The van der Waals surface area contributed by atoms with E-state index < -0.39 is 11.6 Å². The molecule has 5 nitrogen and oxygen atoms in total. The number of rotatable bonds is 6. The van der Waals surface area contributed by atoms with Gasteiger partial charge in [0.25, 0.3) is 5.91 Å². The Kier molecular flexibility index (Phi) is 5.56. The molecule has 1 heterocycles. The third-order valence-electron chi connectivity index (χ3n) is 3.08. The van der Waals surface area contributed by atoms with Crippen molar-refractivity contribution in [1.29, 1.82) is 0 Å². The number of nitrogens with zero attached hydrogens (tertiary/aromatic N) is 2. The number of amides is 1. The highest BCUT2D eigenvalue weighted by molar-refractivity contribution is 5.92. The van der Waals surface area contributed by atoms with E-state index >= 15 is 0 Å². The summed E-state index contributed by atoms with van der Waals surface area (Å²) in [4.78, 5) is 20.3. The summed E-state index contributed by atoms with van der Waals surface area (Å²) in [5.74, 6) is -2.05. The quantitative estimate of drug-likeness (QED) is 0.801. The molecule has 122 valence electrons. The van der Waals surface area contributed by atoms with Crippen LogP contribution in [0.15, 0.2) is 24.3 Å². The number of nitrogens with one attached hydrogen (secondary N) is 2. The van der Waals surface area contributed by atoms with Crippen molar-refractivity contribution in [3.05, 3.63) is 47.3 Å². The van der Waals surface area contributed by atoms with Crippen LogP contribution in [-0.4, -0.2) is 22.4 Å². The van der Waals surface area contributed by atoms with E-state index in [4.69, 9.17) is 0 Å². The molecule has 23 heavy (non-hydrogen) atoms. The second-order valence-electron chi connectivity index (χ2n) is 5.08. The van der Waals surface area contributed by atoms with E-state index in [1.165, 1.54) is 6.07 Å². The van der Waals surface area contributed by atoms with Gasteiger partial charge in [0.15, 0.2) is 11.6 Å². The second kappa shape index (κ2) is 7.62. The number of anilines is 2. The van der Waals surface area contributed by atoms with Gasteiger partial charge in [-0.15, -0.1) is 0 Å². The number of hydrogen-bond donors (Lipinski definition) is 2. The summed E-state index contributed by atoms with van der Waals surface area (Å²) in [7, 11) is 0. The smallest absolute Gasteiger partial charge is 0.270 e. The Bertz CT molecular complexity index is 706. The highest BCUT2D eigenvalue weighted by Gasteiger charge is 2.11. The zero-order chi connectivity index (χ0) is 16.8. The zero-order valence-corrected chi connectivity index (χ0v) is 13.0. The first kappa shape index (κ1) is 16.8. The Labute approximate surface area is 133 Å². The van der Waals surface area contributed by atoms with Crippen LogP contribution in [0.4, 0.5) is 20.4 Å². The summed E-state index contributed by atoms with van der Waals surface area (Å²) in [6.45, 7) is 4.33. The summed E-state index contributed by atoms with van der Waals surface area (Å²) >= 11 is 0. The zero-order valence-electron chi connectivity index (χ0n) is 13.0. The number of aromatic nitrogens is 2. The summed E-state index contributed by atoms with van der Waals surface area (Å²) in [6.07, 6.45) is 1.86. The van der Waals surface area contributed by atoms with Gasteiger partial charge in [0.05, 0.1) is 0 Å². The van der Waals surface area contributed by atoms with Crippen molar-refractivity contribution < 1.29 is 13.6 Å². The molecule has 2 rings (SSSR count). The number of hydrogen-bond acceptors (Lipinski definition) is 4. The minimum absolute atomic E-state index is 0.150. The van der Waals surface area contributed by atoms with Gasteiger partial charge < -0.3 is 10.6 Å². The highest BCUT2D eigenvalue weighted by atomic mass is 19.2. The number of halogens is 2. The molecule has 0 fully saturated rings. The topological polar surface area (TPSA) is 66.9 Å². The Morgan fingerprint density at radius 2 is 1.96 bits per heavy atom. The summed E-state index contributed by atoms with van der Waals surface area (Å²) < 4.78 is 26.2. The van der Waals surface area contributed by atoms with Crippen molar-refractivity contribution in [1.82, 2.24) is 15.3 Å². The largest absolute Gasteiger partial charge is 0.351 e. The molecule has 0 bridgehead atoms. The van der Waals surface area contributed by atoms with Crippen molar-refractivity contribution in [3.63, 3.8) is 0 Å². The molecule has 0 atom stereocenters. The van der Waals surface area contributed by atoms with E-state index in [-0.39, 0.29) is 17.5 Å². The number of aryl methyl sites for hydroxylation is 1. The fourth-order valence-electron chi connectivity index (χ4n) is 1.91. The van der Waals surface area contributed by atoms with Crippen LogP contribution >= 0.6 is 0 Å². The van der Waals surface area contributed by atoms with Gasteiger partial charge in [-0.3, -0.25) is 4.79 Å². The predicted octanol–water partition coefficient (Wildman–Crippen LogP) is 3.34. The molecule has 2 N–H and O–H groups in total. The molecule has 1 aromatic heterocycles. The van der Waals surface area contributed by atoms with Crippen LogP contribution in [0, 0.1) is 18.6 Å². The third kappa shape index (κ3) is 4.70. The lowest BCUT2D eigenvalue weighted by Crippen LogP contribution is -2.25. The molecule has 7 heteroatoms. The molecule has 2 aromatic rings. The van der Waals surface area contributed by atoms with Crippen LogP contribution in [0.2, 0.25) is 0 Å². The van der Waals surface area contributed by atoms with E-state index in [1.54, 1.807) is 13.0 Å². The van der Waals surface area contributed by atoms with Crippen LogP contribution in [0.25, 0.3) is 0 Å². The average molecular weight is 320 g/mol. The van der Waals surface area contributed by atoms with E-state index in [0.29, 0.717) is 17.9 Å². The molecule has 0 saturated carbocycles. The van der Waals surface area contributed by atoms with Crippen molar-refractivity contribution in [2.45, 2.75) is 26.7 Å². The molecular weight excluding hydrogens is 302 g/mol. The van der Waals surface area contributed by atoms with E-state index in [1.807, 2.05) is 6.92 Å². The molecule has 0 aliphatic carbocycles. The minimum Gasteiger partial charge on any atom is -0.351 e. The van der Waals surface area contributed by atoms with Gasteiger partial charge in [-0.1, -0.05) is 13.3 Å². The Morgan fingerprint density at radius 3 is 2.65 bits per heavy atom. The highest BCUT2D eigenvalue weighted by Crippen LogP contribution is 2.17. The monoisotopic (exact) mass is 320 g/mol. The molecule has 0 unspecified atom stereocenters. The molecular formula is C16H18F2N4O. The van der Waals surface area contributed by atoms with Gasteiger partial charge in [0, 0.05) is 24.0 Å². The van der Waals surface area contributed by atoms with E-state index in [0.717, 1.165) is 25.0 Å². The van der Waals surface area contributed by atoms with Gasteiger partial charge in [-0.05, 0) is 31.5 Å². The number of benzene rings is 1. The predicted molar refractivity (Wildman–Crippen MR) is 83.7 cm³/mol. The molecule has 0 aliphatic heterocycles. The SMILES string of the molecule is CCCCNC(=O)c1cc(C)nc(Nc2ccc(F)c(F)c2)n1. The maximum absolute atomic E-state index is 13.2. The average Bonchev–Trinajstić information content (AvgIpc) is 2.50. The lowest BCUT2D eigenvalue weighted by molar-refractivity contribution is 0.0948. The van der Waals surface area contributed by atoms with Crippen LogP contribution < -0.4 is 10.6 Å². The number of carbonyl (C=O) groups excluding carboxylic acids is 1. The number of carbonyl (C=O) groups is 1. The standard InChI is InChI=1S/C16H18F2N4O/c1-3-4-7-19-15(23)14-8-10(2)20-16(22-14)21-11-5-6-12(17)13(18)9-11/h5-6,8-9H,3-4,7H2,1-2H3,(H,19,23)(H,20,21,22). The van der Waals surface area contributed by atoms with Crippen LogP contribution in [0.1, 0.15) is 35.9 Å². The first-order valence-electron chi connectivity index (χ1n) is 7.35. The first-order valence-corrected chi connectivity index (χ1v) is 7.35. The van der Waals surface area contributed by atoms with Gasteiger partial charge in [-0.25, -0.2) is 18.7 Å². The van der Waals surface area contributed by atoms with Crippen molar-refractivity contribution >= 4 is 17.5 Å². The molecule has 0 saturated heterocycles. The van der Waals surface area contributed by atoms with Crippen LogP contribution in [-0.2, 0) is 0 Å². The minimum atomic E-state index is -0.972.